The Hall–Kier alpha value is -3.86. The van der Waals surface area contributed by atoms with Crippen molar-refractivity contribution in [3.63, 3.8) is 0 Å². The summed E-state index contributed by atoms with van der Waals surface area (Å²) in [5, 5.41) is 5.92. The second-order valence-electron chi connectivity index (χ2n) is 12.7. The molecular formula is C38H53FN4O5. The number of carbonyl (C=O) groups is 2. The highest BCUT2D eigenvalue weighted by molar-refractivity contribution is 5.88. The van der Waals surface area contributed by atoms with Crippen molar-refractivity contribution in [2.45, 2.75) is 78.6 Å². The number of rotatable bonds is 21. The summed E-state index contributed by atoms with van der Waals surface area (Å²) < 4.78 is 30.5. The second kappa shape index (κ2) is 20.5. The van der Waals surface area contributed by atoms with E-state index in [-0.39, 0.29) is 48.0 Å². The molecule has 48 heavy (non-hydrogen) atoms. The summed E-state index contributed by atoms with van der Waals surface area (Å²) in [5.41, 5.74) is 10.2. The van der Waals surface area contributed by atoms with Crippen molar-refractivity contribution in [1.29, 1.82) is 0 Å². The van der Waals surface area contributed by atoms with Crippen molar-refractivity contribution in [2.24, 2.45) is 23.5 Å². The van der Waals surface area contributed by atoms with Gasteiger partial charge in [0, 0.05) is 56.6 Å². The molecule has 0 spiro atoms. The Morgan fingerprint density at radius 3 is 2.31 bits per heavy atom. The molecule has 4 atom stereocenters. The van der Waals surface area contributed by atoms with Gasteiger partial charge in [0.25, 0.3) is 0 Å². The van der Waals surface area contributed by atoms with Crippen LogP contribution in [0.4, 0.5) is 4.39 Å². The van der Waals surface area contributed by atoms with Gasteiger partial charge in [0.1, 0.15) is 17.6 Å². The number of hydrogen-bond donors (Lipinski definition) is 3. The van der Waals surface area contributed by atoms with Crippen molar-refractivity contribution < 1.29 is 28.2 Å². The largest absolute Gasteiger partial charge is 0.493 e. The predicted molar refractivity (Wildman–Crippen MR) is 186 cm³/mol. The van der Waals surface area contributed by atoms with E-state index in [9.17, 15) is 14.0 Å². The van der Waals surface area contributed by atoms with Gasteiger partial charge in [-0.3, -0.25) is 14.6 Å². The number of halogens is 1. The summed E-state index contributed by atoms with van der Waals surface area (Å²) in [6, 6.07) is 15.0. The summed E-state index contributed by atoms with van der Waals surface area (Å²) in [5.74, 6) is -0.305. The van der Waals surface area contributed by atoms with E-state index in [4.69, 9.17) is 19.9 Å². The molecular weight excluding hydrogens is 611 g/mol. The van der Waals surface area contributed by atoms with Crippen molar-refractivity contribution in [1.82, 2.24) is 15.6 Å². The molecule has 0 aliphatic rings. The number of hydrogen-bond acceptors (Lipinski definition) is 7. The highest BCUT2D eigenvalue weighted by Crippen LogP contribution is 2.31. The Balaban J connectivity index is 1.53. The van der Waals surface area contributed by atoms with E-state index in [2.05, 4.69) is 15.6 Å². The first-order valence-corrected chi connectivity index (χ1v) is 16.9. The standard InChI is InChI=1S/C38H53FN4O5/c1-6-27(4)36(38(45)42-23-28-8-11-31(39)12-9-28)43-37(44)33(26(2)3)15-13-32(40)25-47-24-29-10-14-34(30-16-18-41-19-17-30)35(22-29)48-21-7-20-46-5/h8-12,14,16-19,22,26-27,32-33,36H,6-7,13,15,20-21,23-25,40H2,1-5H3,(H,42,45)(H,43,44)/t27-,32?,33-,36?/m0/s1. The molecule has 0 aliphatic heterocycles. The molecule has 4 N–H and O–H groups in total. The lowest BCUT2D eigenvalue weighted by Gasteiger charge is -2.28. The number of pyridine rings is 1. The van der Waals surface area contributed by atoms with Crippen LogP contribution in [0.15, 0.2) is 67.0 Å². The first kappa shape index (κ1) is 38.6. The average molecular weight is 665 g/mol. The van der Waals surface area contributed by atoms with Gasteiger partial charge in [0.05, 0.1) is 19.8 Å². The van der Waals surface area contributed by atoms with Crippen LogP contribution >= 0.6 is 0 Å². The number of carbonyl (C=O) groups excluding carboxylic acids is 2. The number of amides is 2. The summed E-state index contributed by atoms with van der Waals surface area (Å²) in [7, 11) is 1.67. The van der Waals surface area contributed by atoms with Gasteiger partial charge in [-0.15, -0.1) is 0 Å². The molecule has 3 aromatic rings. The number of aromatic nitrogens is 1. The van der Waals surface area contributed by atoms with Crippen LogP contribution in [0.25, 0.3) is 11.1 Å². The van der Waals surface area contributed by atoms with E-state index in [1.807, 2.05) is 58.0 Å². The monoisotopic (exact) mass is 664 g/mol. The maximum atomic E-state index is 13.5. The Morgan fingerprint density at radius 2 is 1.65 bits per heavy atom. The Labute approximate surface area is 285 Å². The van der Waals surface area contributed by atoms with Crippen LogP contribution in [0.2, 0.25) is 0 Å². The number of ether oxygens (including phenoxy) is 3. The van der Waals surface area contributed by atoms with Crippen LogP contribution in [0, 0.1) is 23.6 Å². The predicted octanol–water partition coefficient (Wildman–Crippen LogP) is 6.05. The third kappa shape index (κ3) is 12.6. The fourth-order valence-corrected chi connectivity index (χ4v) is 5.37. The summed E-state index contributed by atoms with van der Waals surface area (Å²) in [6.45, 7) is 10.1. The van der Waals surface area contributed by atoms with E-state index in [0.717, 1.165) is 40.8 Å². The molecule has 3 rings (SSSR count). The van der Waals surface area contributed by atoms with Gasteiger partial charge < -0.3 is 30.6 Å². The minimum Gasteiger partial charge on any atom is -0.493 e. The van der Waals surface area contributed by atoms with Gasteiger partial charge in [-0.2, -0.15) is 0 Å². The van der Waals surface area contributed by atoms with E-state index >= 15 is 0 Å². The zero-order valence-corrected chi connectivity index (χ0v) is 29.0. The van der Waals surface area contributed by atoms with E-state index < -0.39 is 6.04 Å². The summed E-state index contributed by atoms with van der Waals surface area (Å²) in [6.07, 6.45) is 6.18. The topological polar surface area (TPSA) is 125 Å². The number of methoxy groups -OCH3 is 1. The minimum absolute atomic E-state index is 0.0548. The van der Waals surface area contributed by atoms with E-state index in [1.165, 1.54) is 12.1 Å². The molecule has 1 aromatic heterocycles. The third-order valence-corrected chi connectivity index (χ3v) is 8.55. The van der Waals surface area contributed by atoms with Crippen molar-refractivity contribution in [3.8, 4) is 16.9 Å². The maximum absolute atomic E-state index is 13.5. The Bertz CT molecular complexity index is 1390. The first-order valence-electron chi connectivity index (χ1n) is 16.9. The van der Waals surface area contributed by atoms with Crippen LogP contribution in [0.5, 0.6) is 5.75 Å². The van der Waals surface area contributed by atoms with E-state index in [0.29, 0.717) is 39.3 Å². The number of benzene rings is 2. The molecule has 9 nitrogen and oxygen atoms in total. The highest BCUT2D eigenvalue weighted by Gasteiger charge is 2.30. The number of nitrogens with two attached hydrogens (primary N) is 1. The molecule has 2 aromatic carbocycles. The molecule has 0 saturated heterocycles. The maximum Gasteiger partial charge on any atom is 0.243 e. The molecule has 10 heteroatoms. The van der Waals surface area contributed by atoms with E-state index in [1.54, 1.807) is 31.6 Å². The molecule has 0 saturated carbocycles. The minimum atomic E-state index is -0.681. The number of nitrogens with zero attached hydrogens (tertiary/aromatic N) is 1. The van der Waals surface area contributed by atoms with Gasteiger partial charge in [-0.25, -0.2) is 4.39 Å². The van der Waals surface area contributed by atoms with Crippen LogP contribution in [0.3, 0.4) is 0 Å². The first-order chi connectivity index (χ1) is 23.1. The highest BCUT2D eigenvalue weighted by atomic mass is 19.1. The zero-order valence-electron chi connectivity index (χ0n) is 29.0. The van der Waals surface area contributed by atoms with Crippen molar-refractivity contribution in [2.75, 3.05) is 26.9 Å². The van der Waals surface area contributed by atoms with Gasteiger partial charge in [0.2, 0.25) is 11.8 Å². The quantitative estimate of drug-likeness (QED) is 0.119. The lowest BCUT2D eigenvalue weighted by atomic mass is 9.88. The summed E-state index contributed by atoms with van der Waals surface area (Å²) in [4.78, 5) is 30.8. The van der Waals surface area contributed by atoms with Crippen LogP contribution < -0.4 is 21.1 Å². The van der Waals surface area contributed by atoms with Crippen LogP contribution in [-0.2, 0) is 32.2 Å². The third-order valence-electron chi connectivity index (χ3n) is 8.55. The molecule has 0 bridgehead atoms. The molecule has 2 unspecified atom stereocenters. The molecule has 1 heterocycles. The average Bonchev–Trinajstić information content (AvgIpc) is 3.08. The lowest BCUT2D eigenvalue weighted by molar-refractivity contribution is -0.133. The second-order valence-corrected chi connectivity index (χ2v) is 12.7. The number of nitrogens with one attached hydrogen (secondary N) is 2. The van der Waals surface area contributed by atoms with Crippen LogP contribution in [0.1, 0.15) is 64.5 Å². The van der Waals surface area contributed by atoms with Gasteiger partial charge >= 0.3 is 0 Å². The molecule has 0 fully saturated rings. The SMILES string of the molecule is CC[C@H](C)C(NC(=O)[C@@H](CCC(N)COCc1ccc(-c2ccncc2)c(OCCCOC)c1)C(C)C)C(=O)NCc1ccc(F)cc1. The zero-order chi connectivity index (χ0) is 34.9. The molecule has 2 amide bonds. The Kier molecular flexibility index (Phi) is 16.5. The molecule has 0 aliphatic carbocycles. The van der Waals surface area contributed by atoms with Gasteiger partial charge in [-0.05, 0) is 71.7 Å². The van der Waals surface area contributed by atoms with Crippen molar-refractivity contribution in [3.05, 3.63) is 83.9 Å². The van der Waals surface area contributed by atoms with Crippen molar-refractivity contribution >= 4 is 11.8 Å². The van der Waals surface area contributed by atoms with Crippen LogP contribution in [-0.4, -0.2) is 55.8 Å². The van der Waals surface area contributed by atoms with Gasteiger partial charge in [0.15, 0.2) is 0 Å². The molecule has 0 radical (unpaired) electrons. The molecule has 262 valence electrons. The fourth-order valence-electron chi connectivity index (χ4n) is 5.37. The summed E-state index contributed by atoms with van der Waals surface area (Å²) >= 11 is 0. The lowest BCUT2D eigenvalue weighted by Crippen LogP contribution is -2.52. The normalized spacial score (nSPS) is 13.8. The fraction of sp³-hybridized carbons (Fsp3) is 0.500. The van der Waals surface area contributed by atoms with Gasteiger partial charge in [-0.1, -0.05) is 58.4 Å². The Morgan fingerprint density at radius 1 is 0.938 bits per heavy atom. The smallest absolute Gasteiger partial charge is 0.243 e.